The van der Waals surface area contributed by atoms with Crippen LogP contribution in [0, 0.1) is 5.92 Å². The normalized spacial score (nSPS) is 19.2. The van der Waals surface area contributed by atoms with Crippen molar-refractivity contribution in [3.63, 3.8) is 0 Å². The molecule has 26 heavy (non-hydrogen) atoms. The molecule has 3 rings (SSSR count). The number of hydrogen-bond donors (Lipinski definition) is 2. The van der Waals surface area contributed by atoms with E-state index in [1.54, 1.807) is 22.5 Å². The Balaban J connectivity index is 1.45. The van der Waals surface area contributed by atoms with E-state index in [1.807, 2.05) is 0 Å². The molecule has 144 valence electrons. The molecule has 1 saturated heterocycles. The van der Waals surface area contributed by atoms with Gasteiger partial charge in [0.15, 0.2) is 0 Å². The number of hydrogen-bond acceptors (Lipinski definition) is 4. The molecule has 0 atom stereocenters. The van der Waals surface area contributed by atoms with E-state index in [0.717, 1.165) is 25.7 Å². The number of ether oxygens (including phenoxy) is 1. The maximum atomic E-state index is 12.2. The second kappa shape index (κ2) is 8.02. The molecule has 1 aliphatic heterocycles. The van der Waals surface area contributed by atoms with Gasteiger partial charge in [0, 0.05) is 24.7 Å². The monoisotopic (exact) mass is 401 g/mol. The van der Waals surface area contributed by atoms with E-state index in [2.05, 4.69) is 10.6 Å². The lowest BCUT2D eigenvalue weighted by atomic mass is 9.98. The Morgan fingerprint density at radius 3 is 2.58 bits per heavy atom. The highest BCUT2D eigenvalue weighted by Crippen LogP contribution is 2.33. The highest BCUT2D eigenvalue weighted by atomic mass is 35.5. The predicted octanol–water partition coefficient (Wildman–Crippen LogP) is 2.67. The summed E-state index contributed by atoms with van der Waals surface area (Å²) in [6, 6.07) is 4.67. The molecule has 1 heterocycles. The van der Waals surface area contributed by atoms with Crippen molar-refractivity contribution < 1.29 is 17.9 Å². The lowest BCUT2D eigenvalue weighted by Crippen LogP contribution is -2.43. The molecule has 7 nitrogen and oxygen atoms in total. The van der Waals surface area contributed by atoms with Crippen molar-refractivity contribution in [1.82, 2.24) is 9.62 Å². The molecule has 9 heteroatoms. The number of halogens is 1. The summed E-state index contributed by atoms with van der Waals surface area (Å²) in [5.74, 6) is 0.802. The van der Waals surface area contributed by atoms with E-state index in [-0.39, 0.29) is 17.2 Å². The van der Waals surface area contributed by atoms with Gasteiger partial charge in [-0.25, -0.2) is 17.5 Å². The van der Waals surface area contributed by atoms with Crippen LogP contribution >= 0.6 is 11.6 Å². The first kappa shape index (κ1) is 19.3. The summed E-state index contributed by atoms with van der Waals surface area (Å²) in [7, 11) is -1.57. The molecule has 0 aromatic heterocycles. The van der Waals surface area contributed by atoms with E-state index < -0.39 is 10.0 Å². The number of carbonyl (C=O) groups excluding carboxylic acids is 1. The summed E-state index contributed by atoms with van der Waals surface area (Å²) in [4.78, 5) is 12.1. The van der Waals surface area contributed by atoms with E-state index in [9.17, 15) is 13.2 Å². The van der Waals surface area contributed by atoms with Crippen LogP contribution in [0.5, 0.6) is 5.75 Å². The lowest BCUT2D eigenvalue weighted by molar-refractivity contribution is 0.240. The molecule has 1 aromatic rings. The Labute approximate surface area is 159 Å². The molecule has 0 radical (unpaired) electrons. The van der Waals surface area contributed by atoms with Crippen molar-refractivity contribution in [2.45, 2.75) is 30.9 Å². The maximum absolute atomic E-state index is 12.2. The van der Waals surface area contributed by atoms with Crippen molar-refractivity contribution in [2.75, 3.05) is 32.1 Å². The first-order chi connectivity index (χ1) is 12.4. The fraction of sp³-hybridized carbons (Fsp3) is 0.588. The minimum absolute atomic E-state index is 0.157. The van der Waals surface area contributed by atoms with Gasteiger partial charge in [-0.3, -0.25) is 0 Å². The first-order valence-electron chi connectivity index (χ1n) is 8.77. The first-order valence-corrected chi connectivity index (χ1v) is 10.7. The van der Waals surface area contributed by atoms with Crippen LogP contribution in [0.4, 0.5) is 10.5 Å². The molecule has 2 aliphatic rings. The third-order valence-corrected chi connectivity index (χ3v) is 7.47. The van der Waals surface area contributed by atoms with Gasteiger partial charge in [-0.05, 0) is 49.8 Å². The molecule has 2 fully saturated rings. The van der Waals surface area contributed by atoms with Crippen LogP contribution in [-0.2, 0) is 10.0 Å². The number of anilines is 1. The number of benzene rings is 1. The quantitative estimate of drug-likeness (QED) is 0.767. The van der Waals surface area contributed by atoms with Crippen molar-refractivity contribution in [3.05, 3.63) is 23.2 Å². The van der Waals surface area contributed by atoms with Crippen molar-refractivity contribution in [2.24, 2.45) is 5.92 Å². The van der Waals surface area contributed by atoms with Crippen LogP contribution in [0.2, 0.25) is 5.02 Å². The Kier molecular flexibility index (Phi) is 5.94. The SMILES string of the molecule is COc1ccc(Cl)cc1NC(=O)NCC1CCN(S(=O)(=O)C2CC2)CC1. The van der Waals surface area contributed by atoms with Gasteiger partial charge in [0.1, 0.15) is 5.75 Å². The molecule has 0 spiro atoms. The third-order valence-electron chi connectivity index (χ3n) is 4.84. The van der Waals surface area contributed by atoms with Gasteiger partial charge >= 0.3 is 6.03 Å². The minimum Gasteiger partial charge on any atom is -0.495 e. The molecule has 1 aromatic carbocycles. The number of piperidine rings is 1. The highest BCUT2D eigenvalue weighted by molar-refractivity contribution is 7.90. The highest BCUT2D eigenvalue weighted by Gasteiger charge is 2.41. The van der Waals surface area contributed by atoms with Gasteiger partial charge in [-0.2, -0.15) is 0 Å². The predicted molar refractivity (Wildman–Crippen MR) is 101 cm³/mol. The number of nitrogens with one attached hydrogen (secondary N) is 2. The smallest absolute Gasteiger partial charge is 0.319 e. The summed E-state index contributed by atoms with van der Waals surface area (Å²) < 4.78 is 31.3. The van der Waals surface area contributed by atoms with E-state index in [1.165, 1.54) is 7.11 Å². The van der Waals surface area contributed by atoms with Gasteiger partial charge < -0.3 is 15.4 Å². The van der Waals surface area contributed by atoms with Crippen molar-refractivity contribution >= 4 is 33.3 Å². The van der Waals surface area contributed by atoms with Gasteiger partial charge in [0.2, 0.25) is 10.0 Å². The topological polar surface area (TPSA) is 87.7 Å². The second-order valence-electron chi connectivity index (χ2n) is 6.77. The number of amides is 2. The number of urea groups is 1. The lowest BCUT2D eigenvalue weighted by Gasteiger charge is -2.31. The molecular weight excluding hydrogens is 378 g/mol. The second-order valence-corrected chi connectivity index (χ2v) is 9.42. The van der Waals surface area contributed by atoms with Gasteiger partial charge in [0.05, 0.1) is 18.0 Å². The fourth-order valence-electron chi connectivity index (χ4n) is 3.13. The molecule has 0 unspecified atom stereocenters. The zero-order chi connectivity index (χ0) is 18.7. The van der Waals surface area contributed by atoms with Crippen LogP contribution in [0.15, 0.2) is 18.2 Å². The molecule has 2 amide bonds. The Morgan fingerprint density at radius 1 is 1.27 bits per heavy atom. The van der Waals surface area contributed by atoms with Crippen molar-refractivity contribution in [3.8, 4) is 5.75 Å². The summed E-state index contributed by atoms with van der Waals surface area (Å²) >= 11 is 5.95. The average Bonchev–Trinajstić information content (AvgIpc) is 3.46. The largest absolute Gasteiger partial charge is 0.495 e. The van der Waals surface area contributed by atoms with Crippen LogP contribution in [0.1, 0.15) is 25.7 Å². The van der Waals surface area contributed by atoms with Gasteiger partial charge in [-0.15, -0.1) is 0 Å². The Morgan fingerprint density at radius 2 is 1.96 bits per heavy atom. The number of nitrogens with zero attached hydrogens (tertiary/aromatic N) is 1. The number of methoxy groups -OCH3 is 1. The number of carbonyl (C=O) groups is 1. The van der Waals surface area contributed by atoms with Crippen molar-refractivity contribution in [1.29, 1.82) is 0 Å². The summed E-state index contributed by atoms with van der Waals surface area (Å²) in [6.07, 6.45) is 3.09. The fourth-order valence-corrected chi connectivity index (χ4v) is 5.17. The van der Waals surface area contributed by atoms with E-state index >= 15 is 0 Å². The van der Waals surface area contributed by atoms with Crippen LogP contribution in [0.3, 0.4) is 0 Å². The minimum atomic E-state index is -3.09. The number of rotatable bonds is 6. The number of sulfonamides is 1. The van der Waals surface area contributed by atoms with Crippen LogP contribution in [0.25, 0.3) is 0 Å². The molecular formula is C17H24ClN3O4S. The third kappa shape index (κ3) is 4.61. The zero-order valence-electron chi connectivity index (χ0n) is 14.7. The summed E-state index contributed by atoms with van der Waals surface area (Å²) in [6.45, 7) is 1.58. The summed E-state index contributed by atoms with van der Waals surface area (Å²) in [5.41, 5.74) is 0.503. The van der Waals surface area contributed by atoms with Crippen LogP contribution in [-0.4, -0.2) is 50.7 Å². The Bertz CT molecular complexity index is 759. The van der Waals surface area contributed by atoms with Gasteiger partial charge in [-0.1, -0.05) is 11.6 Å². The summed E-state index contributed by atoms with van der Waals surface area (Å²) in [5, 5.41) is 5.92. The maximum Gasteiger partial charge on any atom is 0.319 e. The molecule has 2 N–H and O–H groups in total. The standard InChI is InChI=1S/C17H24ClN3O4S/c1-25-16-5-2-13(18)10-15(16)20-17(22)19-11-12-6-8-21(9-7-12)26(23,24)14-3-4-14/h2,5,10,12,14H,3-4,6-9,11H2,1H3,(H2,19,20,22). The zero-order valence-corrected chi connectivity index (χ0v) is 16.3. The molecule has 1 aliphatic carbocycles. The molecule has 1 saturated carbocycles. The van der Waals surface area contributed by atoms with Gasteiger partial charge in [0.25, 0.3) is 0 Å². The van der Waals surface area contributed by atoms with Crippen LogP contribution < -0.4 is 15.4 Å². The molecule has 0 bridgehead atoms. The Hall–Kier alpha value is -1.51. The van der Waals surface area contributed by atoms with E-state index in [4.69, 9.17) is 16.3 Å². The average molecular weight is 402 g/mol. The van der Waals surface area contributed by atoms with E-state index in [0.29, 0.717) is 36.1 Å².